The number of aryl methyl sites for hydroxylation is 1. The van der Waals surface area contributed by atoms with Gasteiger partial charge in [0, 0.05) is 51.8 Å². The minimum atomic E-state index is -4.50. The molecule has 0 radical (unpaired) electrons. The van der Waals surface area contributed by atoms with Crippen molar-refractivity contribution in [2.75, 3.05) is 36.0 Å². The molecule has 0 N–H and O–H groups in total. The summed E-state index contributed by atoms with van der Waals surface area (Å²) >= 11 is 0. The summed E-state index contributed by atoms with van der Waals surface area (Å²) < 4.78 is 42.4. The first-order valence-electron chi connectivity index (χ1n) is 8.94. The highest BCUT2D eigenvalue weighted by molar-refractivity contribution is 5.83. The molecule has 0 unspecified atom stereocenters. The van der Waals surface area contributed by atoms with Gasteiger partial charge in [0.05, 0.1) is 6.33 Å². The van der Waals surface area contributed by atoms with Crippen LogP contribution in [0.15, 0.2) is 31.2 Å². The first-order chi connectivity index (χ1) is 13.9. The lowest BCUT2D eigenvalue weighted by atomic mass is 10.3. The van der Waals surface area contributed by atoms with Crippen LogP contribution >= 0.6 is 0 Å². The summed E-state index contributed by atoms with van der Waals surface area (Å²) in [6.45, 7) is 2.41. The smallest absolute Gasteiger partial charge is 0.351 e. The van der Waals surface area contributed by atoms with Gasteiger partial charge in [-0.25, -0.2) is 24.9 Å². The van der Waals surface area contributed by atoms with Crippen molar-refractivity contribution in [2.45, 2.75) is 6.18 Å². The third-order valence-corrected chi connectivity index (χ3v) is 5.02. The van der Waals surface area contributed by atoms with E-state index < -0.39 is 11.9 Å². The normalized spacial score (nSPS) is 15.6. The van der Waals surface area contributed by atoms with Gasteiger partial charge in [-0.15, -0.1) is 0 Å². The van der Waals surface area contributed by atoms with Crippen molar-refractivity contribution in [2.24, 2.45) is 7.05 Å². The fraction of sp³-hybridized carbons (Fsp3) is 0.353. The highest BCUT2D eigenvalue weighted by atomic mass is 19.4. The van der Waals surface area contributed by atoms with Gasteiger partial charge >= 0.3 is 6.18 Å². The van der Waals surface area contributed by atoms with Gasteiger partial charge in [0.2, 0.25) is 0 Å². The number of piperazine rings is 1. The summed E-state index contributed by atoms with van der Waals surface area (Å²) in [5.41, 5.74) is 0.752. The Balaban J connectivity index is 1.42. The van der Waals surface area contributed by atoms with Gasteiger partial charge in [0.1, 0.15) is 11.8 Å². The third-order valence-electron chi connectivity index (χ3n) is 5.02. The van der Waals surface area contributed by atoms with Crippen molar-refractivity contribution >= 4 is 28.4 Å². The number of imidazole rings is 2. The maximum atomic E-state index is 13.0. The maximum Gasteiger partial charge on any atom is 0.434 e. The van der Waals surface area contributed by atoms with E-state index in [4.69, 9.17) is 0 Å². The van der Waals surface area contributed by atoms with Gasteiger partial charge in [-0.1, -0.05) is 0 Å². The molecule has 0 atom stereocenters. The molecule has 0 amide bonds. The van der Waals surface area contributed by atoms with Crippen LogP contribution in [-0.2, 0) is 13.2 Å². The second kappa shape index (κ2) is 6.29. The van der Waals surface area contributed by atoms with E-state index in [0.29, 0.717) is 37.6 Å². The Morgan fingerprint density at radius 1 is 0.931 bits per heavy atom. The zero-order valence-corrected chi connectivity index (χ0v) is 15.4. The van der Waals surface area contributed by atoms with Gasteiger partial charge in [0.15, 0.2) is 28.6 Å². The molecule has 150 valence electrons. The summed E-state index contributed by atoms with van der Waals surface area (Å²) in [6, 6.07) is 0. The molecule has 0 aliphatic carbocycles. The molecular weight excluding hydrogens is 387 g/mol. The molecule has 5 rings (SSSR count). The van der Waals surface area contributed by atoms with Crippen LogP contribution in [0.4, 0.5) is 24.8 Å². The largest absolute Gasteiger partial charge is 0.434 e. The predicted molar refractivity (Wildman–Crippen MR) is 98.7 cm³/mol. The van der Waals surface area contributed by atoms with Crippen molar-refractivity contribution < 1.29 is 13.2 Å². The monoisotopic (exact) mass is 403 g/mol. The van der Waals surface area contributed by atoms with E-state index in [1.165, 1.54) is 23.1 Å². The molecule has 4 aromatic heterocycles. The Hall–Kier alpha value is -3.44. The van der Waals surface area contributed by atoms with Crippen LogP contribution in [-0.4, -0.2) is 60.1 Å². The summed E-state index contributed by atoms with van der Waals surface area (Å²) in [5, 5.41) is 0. The van der Waals surface area contributed by atoms with Crippen LogP contribution in [0.3, 0.4) is 0 Å². The van der Waals surface area contributed by atoms with Crippen LogP contribution in [0.5, 0.6) is 0 Å². The highest BCUT2D eigenvalue weighted by Crippen LogP contribution is 2.31. The SMILES string of the molecule is Cn1cnc2ncnc(N3CCN(c4nccn5cc(C(F)(F)F)nc45)CC3)c21. The summed E-state index contributed by atoms with van der Waals surface area (Å²) in [7, 11) is 1.89. The first-order valence-corrected chi connectivity index (χ1v) is 8.94. The van der Waals surface area contributed by atoms with Gasteiger partial charge < -0.3 is 18.8 Å². The van der Waals surface area contributed by atoms with Crippen LogP contribution in [0.2, 0.25) is 0 Å². The quantitative estimate of drug-likeness (QED) is 0.504. The van der Waals surface area contributed by atoms with E-state index >= 15 is 0 Å². The number of nitrogens with zero attached hydrogens (tertiary/aromatic N) is 9. The highest BCUT2D eigenvalue weighted by Gasteiger charge is 2.35. The number of aromatic nitrogens is 7. The van der Waals surface area contributed by atoms with Crippen molar-refractivity contribution in [1.82, 2.24) is 33.9 Å². The van der Waals surface area contributed by atoms with Gasteiger partial charge in [0.25, 0.3) is 0 Å². The predicted octanol–water partition coefficient (Wildman–Crippen LogP) is 1.75. The molecule has 0 spiro atoms. The Morgan fingerprint density at radius 3 is 2.38 bits per heavy atom. The number of hydrogen-bond donors (Lipinski definition) is 0. The summed E-state index contributed by atoms with van der Waals surface area (Å²) in [5.74, 6) is 1.23. The fourth-order valence-corrected chi connectivity index (χ4v) is 3.60. The van der Waals surface area contributed by atoms with Crippen LogP contribution in [0.1, 0.15) is 5.69 Å². The number of fused-ring (bicyclic) bond motifs is 2. The van der Waals surface area contributed by atoms with E-state index in [2.05, 4.69) is 29.8 Å². The van der Waals surface area contributed by atoms with Crippen LogP contribution in [0.25, 0.3) is 16.8 Å². The number of rotatable bonds is 2. The molecule has 0 bridgehead atoms. The van der Waals surface area contributed by atoms with Crippen LogP contribution < -0.4 is 9.80 Å². The van der Waals surface area contributed by atoms with Gasteiger partial charge in [-0.05, 0) is 0 Å². The van der Waals surface area contributed by atoms with Crippen molar-refractivity contribution in [3.8, 4) is 0 Å². The minimum Gasteiger partial charge on any atom is -0.351 e. The van der Waals surface area contributed by atoms with Crippen molar-refractivity contribution in [1.29, 1.82) is 0 Å². The number of alkyl halides is 3. The fourth-order valence-electron chi connectivity index (χ4n) is 3.60. The minimum absolute atomic E-state index is 0.198. The van der Waals surface area contributed by atoms with Gasteiger partial charge in [-0.2, -0.15) is 13.2 Å². The number of hydrogen-bond acceptors (Lipinski definition) is 7. The molecule has 1 aliphatic rings. The van der Waals surface area contributed by atoms with Crippen molar-refractivity contribution in [3.63, 3.8) is 0 Å². The zero-order valence-electron chi connectivity index (χ0n) is 15.4. The van der Waals surface area contributed by atoms with Gasteiger partial charge in [-0.3, -0.25) is 0 Å². The van der Waals surface area contributed by atoms with E-state index in [-0.39, 0.29) is 5.65 Å². The Bertz CT molecular complexity index is 1190. The number of anilines is 2. The molecule has 0 saturated carbocycles. The summed E-state index contributed by atoms with van der Waals surface area (Å²) in [4.78, 5) is 25.0. The zero-order chi connectivity index (χ0) is 20.2. The molecule has 5 heterocycles. The average Bonchev–Trinajstić information content (AvgIpc) is 3.32. The maximum absolute atomic E-state index is 13.0. The lowest BCUT2D eigenvalue weighted by molar-refractivity contribution is -0.140. The third kappa shape index (κ3) is 2.91. The standard InChI is InChI=1S/C17H16F3N9/c1-26-10-24-13-12(26)14(23-9-22-13)27-4-6-28(7-5-27)15-16-25-11(17(18,19)20)8-29(16)3-2-21-15/h2-3,8-10H,4-7H2,1H3. The van der Waals surface area contributed by atoms with E-state index in [9.17, 15) is 13.2 Å². The van der Waals surface area contributed by atoms with E-state index in [1.54, 1.807) is 6.33 Å². The average molecular weight is 403 g/mol. The Labute approximate surface area is 162 Å². The van der Waals surface area contributed by atoms with Crippen LogP contribution in [0, 0.1) is 0 Å². The second-order valence-corrected chi connectivity index (χ2v) is 6.80. The second-order valence-electron chi connectivity index (χ2n) is 6.80. The molecule has 0 aromatic carbocycles. The first kappa shape index (κ1) is 17.6. The Morgan fingerprint density at radius 2 is 1.66 bits per heavy atom. The summed E-state index contributed by atoms with van der Waals surface area (Å²) in [6.07, 6.45) is 2.63. The molecule has 29 heavy (non-hydrogen) atoms. The molecule has 1 aliphatic heterocycles. The topological polar surface area (TPSA) is 80.3 Å². The lowest BCUT2D eigenvalue weighted by Crippen LogP contribution is -2.47. The van der Waals surface area contributed by atoms with E-state index in [1.807, 2.05) is 16.5 Å². The molecule has 4 aromatic rings. The molecular formula is C17H16F3N9. The molecule has 1 saturated heterocycles. The van der Waals surface area contributed by atoms with E-state index in [0.717, 1.165) is 17.5 Å². The number of halogens is 3. The molecule has 1 fully saturated rings. The molecule has 12 heteroatoms. The Kier molecular flexibility index (Phi) is 3.83. The molecule has 9 nitrogen and oxygen atoms in total. The van der Waals surface area contributed by atoms with Crippen molar-refractivity contribution in [3.05, 3.63) is 36.9 Å². The lowest BCUT2D eigenvalue weighted by Gasteiger charge is -2.36.